The molecule has 1 rings (SSSR count). The van der Waals surface area contributed by atoms with E-state index in [1.54, 1.807) is 0 Å². The second-order valence-electron chi connectivity index (χ2n) is 2.59. The van der Waals surface area contributed by atoms with Crippen LogP contribution in [0, 0.1) is 0 Å². The molecular formula is C5H5Cl3F3N3. The van der Waals surface area contributed by atoms with Crippen LogP contribution < -0.4 is 0 Å². The molecule has 0 radical (unpaired) electrons. The van der Waals surface area contributed by atoms with Crippen LogP contribution >= 0.6 is 34.8 Å². The molecule has 0 saturated heterocycles. The quantitative estimate of drug-likeness (QED) is 0.497. The van der Waals surface area contributed by atoms with Crippen molar-refractivity contribution >= 4 is 41.1 Å². The Morgan fingerprint density at radius 2 is 1.79 bits per heavy atom. The molecule has 0 aromatic carbocycles. The van der Waals surface area contributed by atoms with Crippen molar-refractivity contribution < 1.29 is 13.2 Å². The van der Waals surface area contributed by atoms with Crippen molar-refractivity contribution in [1.29, 1.82) is 0 Å². The predicted octanol–water partition coefficient (Wildman–Crippen LogP) is 2.39. The number of nitrogens with zero attached hydrogens (tertiary/aromatic N) is 3. The number of hydrogen-bond donors (Lipinski definition) is 0. The summed E-state index contributed by atoms with van der Waals surface area (Å²) < 4.78 is 34.9. The van der Waals surface area contributed by atoms with Crippen LogP contribution in [0.4, 0.5) is 13.2 Å². The summed E-state index contributed by atoms with van der Waals surface area (Å²) in [7, 11) is 1.29. The third kappa shape index (κ3) is 2.29. The first-order valence-corrected chi connectivity index (χ1v) is 4.46. The fraction of sp³-hybridized carbons (Fsp3) is 0.800. The third-order valence-corrected chi connectivity index (χ3v) is 2.15. The monoisotopic (exact) mass is 269 g/mol. The van der Waals surface area contributed by atoms with E-state index in [4.69, 9.17) is 34.8 Å². The Balaban J connectivity index is 2.93. The first-order valence-electron chi connectivity index (χ1n) is 3.33. The van der Waals surface area contributed by atoms with Gasteiger partial charge < -0.3 is 0 Å². The average molecular weight is 270 g/mol. The van der Waals surface area contributed by atoms with Gasteiger partial charge in [0.05, 0.1) is 0 Å². The van der Waals surface area contributed by atoms with Crippen molar-refractivity contribution in [3.05, 3.63) is 0 Å². The highest BCUT2D eigenvalue weighted by atomic mass is 35.6. The van der Waals surface area contributed by atoms with E-state index in [0.717, 1.165) is 5.01 Å². The van der Waals surface area contributed by atoms with Gasteiger partial charge in [0.1, 0.15) is 6.34 Å². The first kappa shape index (κ1) is 12.0. The van der Waals surface area contributed by atoms with Gasteiger partial charge in [-0.3, -0.25) is 5.01 Å². The zero-order valence-corrected chi connectivity index (χ0v) is 9.03. The second-order valence-corrected chi connectivity index (χ2v) is 4.96. The van der Waals surface area contributed by atoms with Crippen LogP contribution in [0.15, 0.2) is 5.10 Å². The maximum Gasteiger partial charge on any atom is 0.487 e. The normalized spacial score (nSPS) is 23.5. The van der Waals surface area contributed by atoms with Gasteiger partial charge in [-0.2, -0.15) is 5.10 Å². The van der Waals surface area contributed by atoms with Gasteiger partial charge in [-0.1, -0.05) is 34.8 Å². The fourth-order valence-electron chi connectivity index (χ4n) is 1.02. The standard InChI is InChI=1S/C5H5Cl3F3N3/c1-13-3(4(6,7)8)14(2-12-13)5(9,10)11/h2-3H,1H3. The van der Waals surface area contributed by atoms with Crippen LogP contribution in [-0.4, -0.2) is 39.6 Å². The molecule has 9 heteroatoms. The van der Waals surface area contributed by atoms with Gasteiger partial charge in [0, 0.05) is 7.05 Å². The number of rotatable bonds is 0. The number of hydrazone groups is 1. The Morgan fingerprint density at radius 1 is 1.29 bits per heavy atom. The van der Waals surface area contributed by atoms with Crippen molar-refractivity contribution in [2.45, 2.75) is 16.3 Å². The average Bonchev–Trinajstić information content (AvgIpc) is 2.27. The van der Waals surface area contributed by atoms with Gasteiger partial charge in [0.2, 0.25) is 3.79 Å². The molecule has 1 aliphatic rings. The molecule has 1 atom stereocenters. The molecule has 0 N–H and O–H groups in total. The highest BCUT2D eigenvalue weighted by Crippen LogP contribution is 2.40. The van der Waals surface area contributed by atoms with E-state index < -0.39 is 16.3 Å². The van der Waals surface area contributed by atoms with Crippen LogP contribution in [0.1, 0.15) is 0 Å². The lowest BCUT2D eigenvalue weighted by Gasteiger charge is -2.33. The van der Waals surface area contributed by atoms with Crippen LogP contribution in [0.5, 0.6) is 0 Å². The summed E-state index contributed by atoms with van der Waals surface area (Å²) in [6, 6.07) is 0. The van der Waals surface area contributed by atoms with Crippen molar-refractivity contribution in [3.63, 3.8) is 0 Å². The fourth-order valence-corrected chi connectivity index (χ4v) is 1.76. The van der Waals surface area contributed by atoms with E-state index in [-0.39, 0.29) is 4.90 Å². The van der Waals surface area contributed by atoms with Gasteiger partial charge in [0.15, 0.2) is 6.17 Å². The zero-order valence-electron chi connectivity index (χ0n) is 6.76. The maximum atomic E-state index is 12.3. The first-order chi connectivity index (χ1) is 6.14. The molecule has 0 spiro atoms. The molecule has 0 saturated carbocycles. The van der Waals surface area contributed by atoms with Crippen LogP contribution in [0.2, 0.25) is 0 Å². The van der Waals surface area contributed by atoms with Crippen molar-refractivity contribution in [3.8, 4) is 0 Å². The Hall–Kier alpha value is -0.0700. The summed E-state index contributed by atoms with van der Waals surface area (Å²) >= 11 is 16.2. The molecule has 1 heterocycles. The van der Waals surface area contributed by atoms with E-state index in [0.29, 0.717) is 6.34 Å². The van der Waals surface area contributed by atoms with E-state index in [1.165, 1.54) is 7.05 Å². The minimum Gasteiger partial charge on any atom is -0.271 e. The summed E-state index contributed by atoms with van der Waals surface area (Å²) in [6.07, 6.45) is -5.53. The topological polar surface area (TPSA) is 18.8 Å². The molecule has 1 unspecified atom stereocenters. The Labute approximate surface area is 93.0 Å². The summed E-state index contributed by atoms with van der Waals surface area (Å²) in [5.74, 6) is 0. The summed E-state index contributed by atoms with van der Waals surface area (Å²) in [4.78, 5) is -0.0694. The lowest BCUT2D eigenvalue weighted by molar-refractivity contribution is -0.233. The van der Waals surface area contributed by atoms with Gasteiger partial charge >= 0.3 is 6.30 Å². The Bertz CT molecular complexity index is 249. The van der Waals surface area contributed by atoms with Crippen LogP contribution in [-0.2, 0) is 0 Å². The molecule has 82 valence electrons. The van der Waals surface area contributed by atoms with Crippen molar-refractivity contribution in [1.82, 2.24) is 9.91 Å². The molecule has 14 heavy (non-hydrogen) atoms. The molecule has 3 nitrogen and oxygen atoms in total. The van der Waals surface area contributed by atoms with E-state index in [9.17, 15) is 13.2 Å². The van der Waals surface area contributed by atoms with E-state index in [2.05, 4.69) is 5.10 Å². The van der Waals surface area contributed by atoms with Gasteiger partial charge in [-0.05, 0) is 0 Å². The molecule has 1 aliphatic heterocycles. The smallest absolute Gasteiger partial charge is 0.271 e. The summed E-state index contributed by atoms with van der Waals surface area (Å²) in [5, 5.41) is 4.32. The molecule has 0 aromatic heterocycles. The number of hydrogen-bond acceptors (Lipinski definition) is 3. The summed E-state index contributed by atoms with van der Waals surface area (Å²) in [5.41, 5.74) is 0. The minimum atomic E-state index is -4.62. The molecule has 0 bridgehead atoms. The van der Waals surface area contributed by atoms with Gasteiger partial charge in [-0.25, -0.2) is 4.90 Å². The number of alkyl halides is 6. The maximum absolute atomic E-state index is 12.3. The largest absolute Gasteiger partial charge is 0.487 e. The second kappa shape index (κ2) is 3.50. The van der Waals surface area contributed by atoms with E-state index >= 15 is 0 Å². The highest BCUT2D eigenvalue weighted by Gasteiger charge is 2.52. The summed E-state index contributed by atoms with van der Waals surface area (Å²) in [6.45, 7) is 0. The Kier molecular flexibility index (Phi) is 3.00. The minimum absolute atomic E-state index is 0.0694. The van der Waals surface area contributed by atoms with Gasteiger partial charge in [-0.15, -0.1) is 13.2 Å². The third-order valence-electron chi connectivity index (χ3n) is 1.56. The highest BCUT2D eigenvalue weighted by molar-refractivity contribution is 6.68. The zero-order chi connectivity index (χ0) is 11.1. The van der Waals surface area contributed by atoms with Gasteiger partial charge in [0.25, 0.3) is 0 Å². The SMILES string of the molecule is CN1N=CN(C(F)(F)F)C1C(Cl)(Cl)Cl. The lowest BCUT2D eigenvalue weighted by atomic mass is 10.5. The van der Waals surface area contributed by atoms with Crippen molar-refractivity contribution in [2.75, 3.05) is 7.05 Å². The number of halogens is 6. The van der Waals surface area contributed by atoms with Crippen LogP contribution in [0.25, 0.3) is 0 Å². The predicted molar refractivity (Wildman–Crippen MR) is 48.2 cm³/mol. The molecular weight excluding hydrogens is 265 g/mol. The molecule has 0 aromatic rings. The molecule has 0 aliphatic carbocycles. The lowest BCUT2D eigenvalue weighted by Crippen LogP contribution is -2.52. The molecule has 0 amide bonds. The Morgan fingerprint density at radius 3 is 2.07 bits per heavy atom. The van der Waals surface area contributed by atoms with E-state index in [1.807, 2.05) is 0 Å². The van der Waals surface area contributed by atoms with Crippen molar-refractivity contribution in [2.24, 2.45) is 5.10 Å². The van der Waals surface area contributed by atoms with Crippen LogP contribution in [0.3, 0.4) is 0 Å². The molecule has 0 fully saturated rings.